The fourth-order valence-electron chi connectivity index (χ4n) is 2.76. The molecular weight excluding hydrogens is 326 g/mol. The lowest BCUT2D eigenvalue weighted by Crippen LogP contribution is -2.40. The highest BCUT2D eigenvalue weighted by Gasteiger charge is 2.16. The van der Waals surface area contributed by atoms with E-state index in [4.69, 9.17) is 10.8 Å². The summed E-state index contributed by atoms with van der Waals surface area (Å²) >= 11 is 0. The number of rotatable bonds is 7. The molecule has 3 aromatic rings. The van der Waals surface area contributed by atoms with Crippen LogP contribution in [-0.2, 0) is 11.3 Å². The molecule has 6 nitrogen and oxygen atoms in total. The van der Waals surface area contributed by atoms with E-state index in [1.54, 1.807) is 12.4 Å². The van der Waals surface area contributed by atoms with Gasteiger partial charge >= 0.3 is 0 Å². The van der Waals surface area contributed by atoms with Crippen LogP contribution in [0.15, 0.2) is 61.1 Å². The number of aromatic nitrogens is 3. The molecule has 0 saturated heterocycles. The van der Waals surface area contributed by atoms with E-state index in [2.05, 4.69) is 10.3 Å². The summed E-state index contributed by atoms with van der Waals surface area (Å²) < 4.78 is 1.82. The monoisotopic (exact) mass is 349 g/mol. The van der Waals surface area contributed by atoms with Crippen LogP contribution in [0.4, 0.5) is 0 Å². The third kappa shape index (κ3) is 4.15. The van der Waals surface area contributed by atoms with Crippen LogP contribution < -0.4 is 11.1 Å². The van der Waals surface area contributed by atoms with Crippen LogP contribution in [-0.4, -0.2) is 26.7 Å². The van der Waals surface area contributed by atoms with E-state index in [0.29, 0.717) is 13.0 Å². The first-order valence-corrected chi connectivity index (χ1v) is 8.76. The van der Waals surface area contributed by atoms with Crippen LogP contribution in [0.3, 0.4) is 0 Å². The Hall–Kier alpha value is -2.99. The van der Waals surface area contributed by atoms with Crippen molar-refractivity contribution >= 4 is 5.91 Å². The molecule has 1 atom stereocenters. The predicted octanol–water partition coefficient (Wildman–Crippen LogP) is 2.68. The van der Waals surface area contributed by atoms with E-state index in [0.717, 1.165) is 28.9 Å². The number of nitrogens with zero attached hydrogens (tertiary/aromatic N) is 3. The first-order chi connectivity index (χ1) is 12.7. The number of amides is 1. The largest absolute Gasteiger partial charge is 0.351 e. The lowest BCUT2D eigenvalue weighted by atomic mass is 10.1. The smallest absolute Gasteiger partial charge is 0.237 e. The maximum Gasteiger partial charge on any atom is 0.237 e. The van der Waals surface area contributed by atoms with Gasteiger partial charge in [0.25, 0.3) is 0 Å². The van der Waals surface area contributed by atoms with Gasteiger partial charge in [-0.15, -0.1) is 0 Å². The molecular formula is C20H23N5O. The van der Waals surface area contributed by atoms with Gasteiger partial charge in [0.2, 0.25) is 5.91 Å². The molecule has 0 saturated carbocycles. The van der Waals surface area contributed by atoms with Gasteiger partial charge in [-0.1, -0.05) is 31.5 Å². The summed E-state index contributed by atoms with van der Waals surface area (Å²) in [5, 5.41) is 7.64. The Morgan fingerprint density at radius 3 is 2.62 bits per heavy atom. The maximum atomic E-state index is 12.2. The number of benzene rings is 1. The number of hydrogen-bond donors (Lipinski definition) is 2. The standard InChI is InChI=1S/C20H23N5O/c1-2-6-18(21)20(26)23-13-16-14-25(17-7-4-3-5-8-17)24-19(16)15-9-11-22-12-10-15/h3-5,7-12,14,18H,2,6,13,21H2,1H3,(H,23,26). The maximum absolute atomic E-state index is 12.2. The Labute approximate surface area is 153 Å². The summed E-state index contributed by atoms with van der Waals surface area (Å²) in [5.41, 5.74) is 9.56. The summed E-state index contributed by atoms with van der Waals surface area (Å²) in [6, 6.07) is 13.2. The molecule has 134 valence electrons. The number of hydrogen-bond acceptors (Lipinski definition) is 4. The molecule has 0 radical (unpaired) electrons. The highest BCUT2D eigenvalue weighted by molar-refractivity contribution is 5.81. The van der Waals surface area contributed by atoms with Crippen molar-refractivity contribution in [3.63, 3.8) is 0 Å². The van der Waals surface area contributed by atoms with Crippen molar-refractivity contribution in [3.8, 4) is 16.9 Å². The van der Waals surface area contributed by atoms with Crippen molar-refractivity contribution in [2.75, 3.05) is 0 Å². The highest BCUT2D eigenvalue weighted by Crippen LogP contribution is 2.23. The van der Waals surface area contributed by atoms with Crippen molar-refractivity contribution in [1.82, 2.24) is 20.1 Å². The Morgan fingerprint density at radius 1 is 1.19 bits per heavy atom. The summed E-state index contributed by atoms with van der Waals surface area (Å²) in [7, 11) is 0. The molecule has 0 spiro atoms. The van der Waals surface area contributed by atoms with E-state index in [9.17, 15) is 4.79 Å². The van der Waals surface area contributed by atoms with Crippen molar-refractivity contribution in [2.45, 2.75) is 32.4 Å². The summed E-state index contributed by atoms with van der Waals surface area (Å²) in [6.45, 7) is 2.39. The van der Waals surface area contributed by atoms with Crippen LogP contribution in [0.5, 0.6) is 0 Å². The van der Waals surface area contributed by atoms with Crippen LogP contribution in [0.2, 0.25) is 0 Å². The van der Waals surface area contributed by atoms with Crippen LogP contribution in [0.1, 0.15) is 25.3 Å². The van der Waals surface area contributed by atoms with Crippen LogP contribution in [0, 0.1) is 0 Å². The minimum atomic E-state index is -0.478. The van der Waals surface area contributed by atoms with Crippen LogP contribution in [0.25, 0.3) is 16.9 Å². The number of nitrogens with two attached hydrogens (primary N) is 1. The number of para-hydroxylation sites is 1. The number of nitrogens with one attached hydrogen (secondary N) is 1. The molecule has 0 aliphatic rings. The third-order valence-electron chi connectivity index (χ3n) is 4.15. The second-order valence-electron chi connectivity index (χ2n) is 6.13. The third-order valence-corrected chi connectivity index (χ3v) is 4.15. The first kappa shape index (κ1) is 17.8. The Bertz CT molecular complexity index is 845. The van der Waals surface area contributed by atoms with E-state index in [1.165, 1.54) is 0 Å². The van der Waals surface area contributed by atoms with E-state index < -0.39 is 6.04 Å². The van der Waals surface area contributed by atoms with Gasteiger partial charge in [-0.3, -0.25) is 9.78 Å². The minimum absolute atomic E-state index is 0.139. The normalized spacial score (nSPS) is 11.9. The van der Waals surface area contributed by atoms with E-state index in [-0.39, 0.29) is 5.91 Å². The van der Waals surface area contributed by atoms with Gasteiger partial charge in [0.15, 0.2) is 0 Å². The Kier molecular flexibility index (Phi) is 5.76. The molecule has 1 amide bonds. The van der Waals surface area contributed by atoms with Gasteiger partial charge in [0.05, 0.1) is 17.4 Å². The van der Waals surface area contributed by atoms with Crippen molar-refractivity contribution in [3.05, 3.63) is 66.6 Å². The minimum Gasteiger partial charge on any atom is -0.351 e. The molecule has 2 heterocycles. The molecule has 0 fully saturated rings. The SMILES string of the molecule is CCCC(N)C(=O)NCc1cn(-c2ccccc2)nc1-c1ccncc1. The summed E-state index contributed by atoms with van der Waals surface area (Å²) in [6.07, 6.45) is 6.96. The van der Waals surface area contributed by atoms with Gasteiger partial charge in [-0.25, -0.2) is 4.68 Å². The fraction of sp³-hybridized carbons (Fsp3) is 0.250. The second-order valence-corrected chi connectivity index (χ2v) is 6.13. The summed E-state index contributed by atoms with van der Waals surface area (Å²) in [5.74, 6) is -0.139. The zero-order valence-electron chi connectivity index (χ0n) is 14.8. The molecule has 1 aromatic carbocycles. The lowest BCUT2D eigenvalue weighted by Gasteiger charge is -2.11. The first-order valence-electron chi connectivity index (χ1n) is 8.76. The van der Waals surface area contributed by atoms with E-state index >= 15 is 0 Å². The molecule has 26 heavy (non-hydrogen) atoms. The molecule has 1 unspecified atom stereocenters. The Balaban J connectivity index is 1.88. The zero-order chi connectivity index (χ0) is 18.4. The highest BCUT2D eigenvalue weighted by atomic mass is 16.2. The van der Waals surface area contributed by atoms with Crippen molar-refractivity contribution < 1.29 is 4.79 Å². The van der Waals surface area contributed by atoms with Crippen molar-refractivity contribution in [2.24, 2.45) is 5.73 Å². The molecule has 0 aliphatic heterocycles. The average Bonchev–Trinajstić information content (AvgIpc) is 3.12. The van der Waals surface area contributed by atoms with E-state index in [1.807, 2.05) is 60.3 Å². The lowest BCUT2D eigenvalue weighted by molar-refractivity contribution is -0.122. The molecule has 3 N–H and O–H groups in total. The molecule has 3 rings (SSSR count). The molecule has 2 aromatic heterocycles. The van der Waals surface area contributed by atoms with Crippen LogP contribution >= 0.6 is 0 Å². The molecule has 0 bridgehead atoms. The van der Waals surface area contributed by atoms with Gasteiger partial charge in [0.1, 0.15) is 0 Å². The second kappa shape index (κ2) is 8.40. The van der Waals surface area contributed by atoms with Gasteiger partial charge in [-0.2, -0.15) is 5.10 Å². The number of pyridine rings is 1. The topological polar surface area (TPSA) is 85.8 Å². The van der Waals surface area contributed by atoms with Gasteiger partial charge < -0.3 is 11.1 Å². The Morgan fingerprint density at radius 2 is 1.92 bits per heavy atom. The predicted molar refractivity (Wildman–Crippen MR) is 102 cm³/mol. The van der Waals surface area contributed by atoms with Crippen molar-refractivity contribution in [1.29, 1.82) is 0 Å². The number of carbonyl (C=O) groups is 1. The average molecular weight is 349 g/mol. The van der Waals surface area contributed by atoms with Gasteiger partial charge in [0, 0.05) is 36.3 Å². The molecule has 6 heteroatoms. The number of carbonyl (C=O) groups excluding carboxylic acids is 1. The molecule has 0 aliphatic carbocycles. The summed E-state index contributed by atoms with van der Waals surface area (Å²) in [4.78, 5) is 16.2. The zero-order valence-corrected chi connectivity index (χ0v) is 14.8. The quantitative estimate of drug-likeness (QED) is 0.687. The van der Waals surface area contributed by atoms with Gasteiger partial charge in [-0.05, 0) is 30.7 Å². The fourth-order valence-corrected chi connectivity index (χ4v) is 2.76.